The molecule has 0 fully saturated rings. The van der Waals surface area contributed by atoms with Crippen LogP contribution in [0.5, 0.6) is 0 Å². The van der Waals surface area contributed by atoms with Crippen LogP contribution in [-0.2, 0) is 72.4 Å². The van der Waals surface area contributed by atoms with Gasteiger partial charge >= 0.3 is 142 Å². The second-order valence-corrected chi connectivity index (χ2v) is 33.9. The third kappa shape index (κ3) is 17.6. The zero-order valence-corrected chi connectivity index (χ0v) is 49.4. The summed E-state index contributed by atoms with van der Waals surface area (Å²) in [5.74, 6) is 3.25. The summed E-state index contributed by atoms with van der Waals surface area (Å²) in [5, 5.41) is 3.11. The molecular formula is C58H76Cl2Si2Zr2-2. The molecule has 0 aliphatic heterocycles. The minimum atomic E-state index is -0.122. The Morgan fingerprint density at radius 1 is 0.406 bits per heavy atom. The smallest absolute Gasteiger partial charge is 0.0512 e. The summed E-state index contributed by atoms with van der Waals surface area (Å²) in [6, 6.07) is 40.4. The Bertz CT molecular complexity index is 2010. The molecule has 0 nitrogen and oxygen atoms in total. The predicted molar refractivity (Wildman–Crippen MR) is 268 cm³/mol. The van der Waals surface area contributed by atoms with Crippen molar-refractivity contribution in [1.82, 2.24) is 0 Å². The first-order valence-electron chi connectivity index (χ1n) is 24.0. The first kappa shape index (κ1) is 56.9. The fraction of sp³-hybridized carbons (Fsp3) is 0.448. The normalized spacial score (nSPS) is 18.6. The number of hydrogen-bond donors (Lipinski definition) is 0. The van der Waals surface area contributed by atoms with E-state index in [2.05, 4.69) is 178 Å². The molecule has 6 heteroatoms. The first-order chi connectivity index (χ1) is 29.7. The van der Waals surface area contributed by atoms with Crippen molar-refractivity contribution in [1.29, 1.82) is 0 Å². The molecule has 4 aliphatic carbocycles. The number of aryl methyl sites for hydroxylation is 8. The molecule has 340 valence electrons. The van der Waals surface area contributed by atoms with Crippen molar-refractivity contribution in [2.45, 2.75) is 169 Å². The van der Waals surface area contributed by atoms with Gasteiger partial charge in [-0.2, -0.15) is 91.0 Å². The fourth-order valence-electron chi connectivity index (χ4n) is 10.0. The minimum absolute atomic E-state index is 0. The summed E-state index contributed by atoms with van der Waals surface area (Å²) >= 11 is 3.38. The van der Waals surface area contributed by atoms with Crippen molar-refractivity contribution in [3.8, 4) is 0 Å². The summed E-state index contributed by atoms with van der Waals surface area (Å²) in [5.41, 5.74) is 18.5. The van der Waals surface area contributed by atoms with Crippen molar-refractivity contribution >= 4 is 21.2 Å². The number of rotatable bonds is 2. The Labute approximate surface area is 433 Å². The van der Waals surface area contributed by atoms with Crippen LogP contribution in [0.2, 0.25) is 13.1 Å². The van der Waals surface area contributed by atoms with E-state index in [9.17, 15) is 0 Å². The van der Waals surface area contributed by atoms with E-state index in [1.165, 1.54) is 99.3 Å². The molecule has 0 N–H and O–H groups in total. The van der Waals surface area contributed by atoms with Crippen LogP contribution in [0, 0.1) is 27.7 Å². The second-order valence-electron chi connectivity index (χ2n) is 19.2. The number of benzene rings is 2. The molecule has 0 radical (unpaired) electrons. The van der Waals surface area contributed by atoms with Crippen LogP contribution in [0.3, 0.4) is 0 Å². The molecule has 0 saturated heterocycles. The number of halogens is 2. The molecule has 0 amide bonds. The van der Waals surface area contributed by atoms with E-state index in [-0.39, 0.29) is 35.7 Å². The zero-order chi connectivity index (χ0) is 44.8. The summed E-state index contributed by atoms with van der Waals surface area (Å²) in [6.45, 7) is 22.9. The maximum absolute atomic E-state index is 2.36. The number of hydrogen-bond acceptors (Lipinski definition) is 0. The van der Waals surface area contributed by atoms with Gasteiger partial charge in [0, 0.05) is 0 Å². The molecular weight excluding hydrogens is 1010 g/mol. The monoisotopic (exact) mass is 1080 g/mol. The van der Waals surface area contributed by atoms with Crippen LogP contribution in [0.4, 0.5) is 0 Å². The quantitative estimate of drug-likeness (QED) is 0.120. The van der Waals surface area contributed by atoms with E-state index < -0.39 is 0 Å². The molecule has 6 aromatic carbocycles. The predicted octanol–water partition coefficient (Wildman–Crippen LogP) is 8.75. The van der Waals surface area contributed by atoms with Crippen LogP contribution in [0.25, 0.3) is 0 Å². The third-order valence-corrected chi connectivity index (χ3v) is 20.1. The molecule has 4 unspecified atom stereocenters. The molecule has 10 rings (SSSR count). The van der Waals surface area contributed by atoms with Gasteiger partial charge in [-0.25, -0.2) is 24.3 Å². The van der Waals surface area contributed by atoms with Gasteiger partial charge in [-0.15, -0.1) is 0 Å². The van der Waals surface area contributed by atoms with Crippen LogP contribution in [0.1, 0.15) is 169 Å². The SMILES string of the molecule is C[Si](=[Zr+2])c1ccccc1.C[Si](=[Zr+2])c1ccccc1.Cc1cc2c([cH-]1)CCCC2C.Cc1cc2c([cH-]1)CCCC2C.Cc1cc2c([cH-]1)CCCC2C.Cc1cc2c([cH-]1)CCCC2C.[Cl-].[Cl-]. The summed E-state index contributed by atoms with van der Waals surface area (Å²) in [4.78, 5) is 0. The van der Waals surface area contributed by atoms with Crippen LogP contribution in [0.15, 0.2) is 109 Å². The Kier molecular flexibility index (Phi) is 25.7. The van der Waals surface area contributed by atoms with Gasteiger partial charge in [0.1, 0.15) is 0 Å². The summed E-state index contributed by atoms with van der Waals surface area (Å²) < 4.78 is 0. The largest absolute Gasteiger partial charge is 1.00 e. The zero-order valence-electron chi connectivity index (χ0n) is 40.9. The Morgan fingerprint density at radius 2 is 0.625 bits per heavy atom. The van der Waals surface area contributed by atoms with Crippen molar-refractivity contribution < 1.29 is 71.5 Å². The average molecular weight is 1080 g/mol. The molecule has 0 bridgehead atoms. The fourth-order valence-corrected chi connectivity index (χ4v) is 13.9. The van der Waals surface area contributed by atoms with Gasteiger partial charge in [0.05, 0.1) is 0 Å². The summed E-state index contributed by atoms with van der Waals surface area (Å²) in [6.07, 6.45) is 16.3. The molecule has 0 spiro atoms. The molecule has 0 heterocycles. The Morgan fingerprint density at radius 3 is 0.797 bits per heavy atom. The van der Waals surface area contributed by atoms with Crippen molar-refractivity contribution in [3.05, 3.63) is 176 Å². The molecule has 0 saturated carbocycles. The van der Waals surface area contributed by atoms with Gasteiger partial charge < -0.3 is 24.8 Å². The summed E-state index contributed by atoms with van der Waals surface area (Å²) in [7, 11) is 0. The molecule has 0 aromatic heterocycles. The maximum Gasteiger partial charge on any atom is -0.0512 e. The third-order valence-electron chi connectivity index (χ3n) is 13.5. The Balaban J connectivity index is 0.000000203. The van der Waals surface area contributed by atoms with Crippen molar-refractivity contribution in [3.63, 3.8) is 0 Å². The van der Waals surface area contributed by atoms with E-state index in [1.54, 1.807) is 102 Å². The van der Waals surface area contributed by atoms with E-state index >= 15 is 0 Å². The van der Waals surface area contributed by atoms with Crippen LogP contribution in [-0.4, -0.2) is 10.9 Å². The van der Waals surface area contributed by atoms with Gasteiger partial charge in [-0.1, -0.05) is 156 Å². The molecule has 64 heavy (non-hydrogen) atoms. The standard InChI is InChI=1S/4C11H15.2C7H8Si.2ClH.2Zr/c4*1-8-6-10-5-3-4-9(2)11(10)7-8;2*1-8-7-5-3-2-4-6-7;;;;/h4*6-7,9H,3-5H2,1-2H3;2*2-6H,1H3;2*1H;;/q4*-1;;;;;2*+2/p-2. The maximum atomic E-state index is 2.36. The second kappa shape index (κ2) is 28.8. The van der Waals surface area contributed by atoms with Gasteiger partial charge in [-0.3, -0.25) is 0 Å². The van der Waals surface area contributed by atoms with E-state index in [0.29, 0.717) is 0 Å². The van der Waals surface area contributed by atoms with E-state index in [0.717, 1.165) is 23.7 Å². The van der Waals surface area contributed by atoms with Gasteiger partial charge in [0.2, 0.25) is 0 Å². The number of fused-ring (bicyclic) bond motifs is 4. The van der Waals surface area contributed by atoms with Crippen molar-refractivity contribution in [2.24, 2.45) is 0 Å². The van der Waals surface area contributed by atoms with E-state index in [4.69, 9.17) is 0 Å². The molecule has 4 atom stereocenters. The Hall–Kier alpha value is -1.38. The van der Waals surface area contributed by atoms with Gasteiger partial charge in [0.25, 0.3) is 0 Å². The van der Waals surface area contributed by atoms with E-state index in [1.807, 2.05) is 0 Å². The van der Waals surface area contributed by atoms with Gasteiger partial charge in [-0.05, 0) is 0 Å². The van der Waals surface area contributed by atoms with Crippen LogP contribution >= 0.6 is 0 Å². The minimum Gasteiger partial charge on any atom is -1.00 e. The van der Waals surface area contributed by atoms with Crippen LogP contribution < -0.4 is 35.2 Å². The average Bonchev–Trinajstić information content (AvgIpc) is 4.05. The molecule has 4 aliphatic rings. The van der Waals surface area contributed by atoms with Crippen molar-refractivity contribution in [2.75, 3.05) is 0 Å². The first-order valence-corrected chi connectivity index (χ1v) is 35.3. The topological polar surface area (TPSA) is 0 Å². The molecule has 6 aromatic rings. The van der Waals surface area contributed by atoms with Gasteiger partial charge in [0.15, 0.2) is 0 Å².